The van der Waals surface area contributed by atoms with Crippen LogP contribution < -0.4 is 0 Å². The van der Waals surface area contributed by atoms with Gasteiger partial charge < -0.3 is 0 Å². The van der Waals surface area contributed by atoms with Crippen molar-refractivity contribution in [2.75, 3.05) is 13.1 Å². The van der Waals surface area contributed by atoms with Crippen LogP contribution in [-0.4, -0.2) is 23.0 Å². The first-order valence-electron chi connectivity index (χ1n) is 6.56. The molecule has 0 unspecified atom stereocenters. The van der Waals surface area contributed by atoms with E-state index in [-0.39, 0.29) is 0 Å². The van der Waals surface area contributed by atoms with Gasteiger partial charge in [-0.1, -0.05) is 36.4 Å². The van der Waals surface area contributed by atoms with Crippen molar-refractivity contribution in [3.8, 4) is 0 Å². The predicted molar refractivity (Wildman–Crippen MR) is 73.2 cm³/mol. The summed E-state index contributed by atoms with van der Waals surface area (Å²) >= 11 is 0. The number of likely N-dealkylation sites (tertiary alicyclic amines) is 1. The summed E-state index contributed by atoms with van der Waals surface area (Å²) < 4.78 is 0. The highest BCUT2D eigenvalue weighted by Gasteiger charge is 2.26. The SMILES string of the molecule is c1ccc(CC2CN(Cc3ccccn3)C2)cc1. The molecule has 1 aromatic heterocycles. The van der Waals surface area contributed by atoms with Gasteiger partial charge in [-0.25, -0.2) is 0 Å². The highest BCUT2D eigenvalue weighted by Crippen LogP contribution is 2.21. The Morgan fingerprint density at radius 1 is 1.00 bits per heavy atom. The van der Waals surface area contributed by atoms with E-state index in [1.54, 1.807) is 0 Å². The molecule has 0 amide bonds. The lowest BCUT2D eigenvalue weighted by Gasteiger charge is -2.39. The van der Waals surface area contributed by atoms with Crippen LogP contribution >= 0.6 is 0 Å². The molecule has 92 valence electrons. The molecule has 2 heterocycles. The molecule has 2 nitrogen and oxygen atoms in total. The average molecular weight is 238 g/mol. The van der Waals surface area contributed by atoms with Gasteiger partial charge in [0.25, 0.3) is 0 Å². The van der Waals surface area contributed by atoms with Gasteiger partial charge in [0.2, 0.25) is 0 Å². The summed E-state index contributed by atoms with van der Waals surface area (Å²) in [5, 5.41) is 0. The van der Waals surface area contributed by atoms with Crippen LogP contribution in [-0.2, 0) is 13.0 Å². The lowest BCUT2D eigenvalue weighted by molar-refractivity contribution is 0.0912. The summed E-state index contributed by atoms with van der Waals surface area (Å²) in [6.07, 6.45) is 3.08. The van der Waals surface area contributed by atoms with E-state index in [1.165, 1.54) is 30.8 Å². The van der Waals surface area contributed by atoms with E-state index in [9.17, 15) is 0 Å². The topological polar surface area (TPSA) is 16.1 Å². The van der Waals surface area contributed by atoms with E-state index in [1.807, 2.05) is 12.3 Å². The minimum Gasteiger partial charge on any atom is -0.297 e. The fourth-order valence-corrected chi connectivity index (χ4v) is 2.60. The molecule has 1 saturated heterocycles. The zero-order valence-electron chi connectivity index (χ0n) is 10.5. The molecule has 0 atom stereocenters. The third-order valence-corrected chi connectivity index (χ3v) is 3.51. The number of pyridine rings is 1. The Morgan fingerprint density at radius 3 is 2.50 bits per heavy atom. The van der Waals surface area contributed by atoms with E-state index in [2.05, 4.69) is 52.3 Å². The molecule has 0 saturated carbocycles. The van der Waals surface area contributed by atoms with E-state index in [4.69, 9.17) is 0 Å². The number of aromatic nitrogens is 1. The second-order valence-corrected chi connectivity index (χ2v) is 5.07. The van der Waals surface area contributed by atoms with Crippen LogP contribution in [0.1, 0.15) is 11.3 Å². The molecule has 0 bridgehead atoms. The van der Waals surface area contributed by atoms with Gasteiger partial charge >= 0.3 is 0 Å². The molecule has 2 aromatic rings. The summed E-state index contributed by atoms with van der Waals surface area (Å²) in [7, 11) is 0. The minimum absolute atomic E-state index is 0.816. The average Bonchev–Trinajstić information content (AvgIpc) is 2.39. The van der Waals surface area contributed by atoms with Crippen molar-refractivity contribution in [3.63, 3.8) is 0 Å². The van der Waals surface area contributed by atoms with Crippen molar-refractivity contribution in [2.24, 2.45) is 5.92 Å². The van der Waals surface area contributed by atoms with Crippen molar-refractivity contribution in [1.82, 2.24) is 9.88 Å². The van der Waals surface area contributed by atoms with Gasteiger partial charge in [-0.05, 0) is 30.0 Å². The zero-order valence-corrected chi connectivity index (χ0v) is 10.5. The van der Waals surface area contributed by atoms with E-state index >= 15 is 0 Å². The van der Waals surface area contributed by atoms with Crippen LogP contribution in [0.25, 0.3) is 0 Å². The molecule has 18 heavy (non-hydrogen) atoms. The summed E-state index contributed by atoms with van der Waals surface area (Å²) in [4.78, 5) is 6.84. The maximum absolute atomic E-state index is 4.37. The summed E-state index contributed by atoms with van der Waals surface area (Å²) in [5.41, 5.74) is 2.63. The number of hydrogen-bond acceptors (Lipinski definition) is 2. The van der Waals surface area contributed by atoms with Gasteiger partial charge in [0.15, 0.2) is 0 Å². The van der Waals surface area contributed by atoms with Crippen LogP contribution in [0.15, 0.2) is 54.7 Å². The van der Waals surface area contributed by atoms with Crippen molar-refractivity contribution in [2.45, 2.75) is 13.0 Å². The largest absolute Gasteiger partial charge is 0.297 e. The Bertz CT molecular complexity index is 429. The molecule has 0 spiro atoms. The van der Waals surface area contributed by atoms with Gasteiger partial charge in [-0.3, -0.25) is 9.88 Å². The maximum atomic E-state index is 4.37. The Balaban J connectivity index is 1.46. The van der Waals surface area contributed by atoms with Gasteiger partial charge in [0.1, 0.15) is 0 Å². The van der Waals surface area contributed by atoms with Crippen LogP contribution in [0.2, 0.25) is 0 Å². The van der Waals surface area contributed by atoms with Gasteiger partial charge in [0.05, 0.1) is 5.69 Å². The lowest BCUT2D eigenvalue weighted by Crippen LogP contribution is -2.46. The van der Waals surface area contributed by atoms with Gasteiger partial charge in [-0.15, -0.1) is 0 Å². The number of benzene rings is 1. The second-order valence-electron chi connectivity index (χ2n) is 5.07. The summed E-state index contributed by atoms with van der Waals surface area (Å²) in [5.74, 6) is 0.816. The Morgan fingerprint density at radius 2 is 1.78 bits per heavy atom. The highest BCUT2D eigenvalue weighted by atomic mass is 15.2. The van der Waals surface area contributed by atoms with Crippen LogP contribution in [0.3, 0.4) is 0 Å². The molecular formula is C16H18N2. The van der Waals surface area contributed by atoms with Crippen LogP contribution in [0.4, 0.5) is 0 Å². The fourth-order valence-electron chi connectivity index (χ4n) is 2.60. The number of hydrogen-bond donors (Lipinski definition) is 0. The fraction of sp³-hybridized carbons (Fsp3) is 0.312. The summed E-state index contributed by atoms with van der Waals surface area (Å²) in [6, 6.07) is 16.9. The van der Waals surface area contributed by atoms with Gasteiger partial charge in [0, 0.05) is 25.8 Å². The smallest absolute Gasteiger partial charge is 0.0543 e. The van der Waals surface area contributed by atoms with Crippen molar-refractivity contribution >= 4 is 0 Å². The quantitative estimate of drug-likeness (QED) is 0.814. The third kappa shape index (κ3) is 2.77. The molecule has 1 fully saturated rings. The van der Waals surface area contributed by atoms with Crippen LogP contribution in [0.5, 0.6) is 0 Å². The second kappa shape index (κ2) is 5.32. The highest BCUT2D eigenvalue weighted by molar-refractivity contribution is 5.16. The standard InChI is InChI=1S/C16H18N2/c1-2-6-14(7-3-1)10-15-11-18(12-15)13-16-8-4-5-9-17-16/h1-9,15H,10-13H2. The Kier molecular flexibility index (Phi) is 3.37. The molecule has 1 aliphatic heterocycles. The maximum Gasteiger partial charge on any atom is 0.0543 e. The third-order valence-electron chi connectivity index (χ3n) is 3.51. The molecule has 0 N–H and O–H groups in total. The minimum atomic E-state index is 0.816. The first kappa shape index (κ1) is 11.4. The lowest BCUT2D eigenvalue weighted by atomic mass is 9.92. The normalized spacial score (nSPS) is 16.4. The summed E-state index contributed by atoms with van der Waals surface area (Å²) in [6.45, 7) is 3.39. The molecule has 2 heteroatoms. The number of rotatable bonds is 4. The van der Waals surface area contributed by atoms with Gasteiger partial charge in [-0.2, -0.15) is 0 Å². The molecule has 0 radical (unpaired) electrons. The zero-order chi connectivity index (χ0) is 12.2. The van der Waals surface area contributed by atoms with E-state index in [0.717, 1.165) is 12.5 Å². The first-order chi connectivity index (χ1) is 8.90. The predicted octanol–water partition coefficient (Wildman–Crippen LogP) is 2.76. The molecule has 3 rings (SSSR count). The van der Waals surface area contributed by atoms with Crippen molar-refractivity contribution in [3.05, 3.63) is 66.0 Å². The van der Waals surface area contributed by atoms with Crippen molar-refractivity contribution in [1.29, 1.82) is 0 Å². The molecular weight excluding hydrogens is 220 g/mol. The Labute approximate surface area is 108 Å². The van der Waals surface area contributed by atoms with E-state index in [0.29, 0.717) is 0 Å². The first-order valence-corrected chi connectivity index (χ1v) is 6.56. The molecule has 1 aliphatic rings. The Hall–Kier alpha value is -1.67. The number of nitrogens with zero attached hydrogens (tertiary/aromatic N) is 2. The van der Waals surface area contributed by atoms with Crippen LogP contribution in [0, 0.1) is 5.92 Å². The molecule has 1 aromatic carbocycles. The molecule has 0 aliphatic carbocycles. The van der Waals surface area contributed by atoms with E-state index < -0.39 is 0 Å². The monoisotopic (exact) mass is 238 g/mol. The van der Waals surface area contributed by atoms with Crippen molar-refractivity contribution < 1.29 is 0 Å².